The van der Waals surface area contributed by atoms with Crippen LogP contribution in [0.5, 0.6) is 0 Å². The lowest BCUT2D eigenvalue weighted by Gasteiger charge is -2.32. The van der Waals surface area contributed by atoms with Gasteiger partial charge < -0.3 is 10.2 Å². The summed E-state index contributed by atoms with van der Waals surface area (Å²) in [6, 6.07) is 2.57. The van der Waals surface area contributed by atoms with Gasteiger partial charge in [0.05, 0.1) is 17.7 Å². The van der Waals surface area contributed by atoms with Crippen LogP contribution in [0.15, 0.2) is 18.3 Å². The van der Waals surface area contributed by atoms with Gasteiger partial charge in [-0.2, -0.15) is 18.3 Å². The Morgan fingerprint density at radius 2 is 2.07 bits per heavy atom. The molecule has 1 saturated heterocycles. The van der Waals surface area contributed by atoms with Gasteiger partial charge in [-0.1, -0.05) is 0 Å². The number of aryl methyl sites for hydroxylation is 1. The zero-order valence-corrected chi connectivity index (χ0v) is 16.2. The van der Waals surface area contributed by atoms with Crippen molar-refractivity contribution in [2.75, 3.05) is 20.1 Å². The standard InChI is InChI=1S/C19H24F3N5O/c1-12-16(9-18(28)26-8-4-5-15(11-26)23-3)13(2)27(25-12)17-7-6-14(10-24-17)19(20,21)22/h6-7,10,15,23H,4-5,8-9,11H2,1-3H3. The highest BCUT2D eigenvalue weighted by Crippen LogP contribution is 2.29. The minimum absolute atomic E-state index is 0.0334. The van der Waals surface area contributed by atoms with Gasteiger partial charge in [0.15, 0.2) is 5.82 Å². The molecule has 0 aromatic carbocycles. The first kappa shape index (κ1) is 20.3. The van der Waals surface area contributed by atoms with Crippen molar-refractivity contribution in [3.05, 3.63) is 40.8 Å². The Hall–Kier alpha value is -2.42. The van der Waals surface area contributed by atoms with Crippen LogP contribution in [0, 0.1) is 13.8 Å². The Kier molecular flexibility index (Phi) is 5.74. The number of alkyl halides is 3. The molecule has 1 aliphatic heterocycles. The van der Waals surface area contributed by atoms with E-state index in [1.54, 1.807) is 13.8 Å². The second-order valence-corrected chi connectivity index (χ2v) is 7.11. The lowest BCUT2D eigenvalue weighted by Crippen LogP contribution is -2.47. The Balaban J connectivity index is 1.79. The van der Waals surface area contributed by atoms with Crippen LogP contribution >= 0.6 is 0 Å². The number of nitrogens with one attached hydrogen (secondary N) is 1. The Labute approximate surface area is 161 Å². The van der Waals surface area contributed by atoms with E-state index in [0.29, 0.717) is 29.8 Å². The summed E-state index contributed by atoms with van der Waals surface area (Å²) in [5.74, 6) is 0.326. The Morgan fingerprint density at radius 3 is 2.68 bits per heavy atom. The average molecular weight is 395 g/mol. The predicted molar refractivity (Wildman–Crippen MR) is 98.2 cm³/mol. The number of aromatic nitrogens is 3. The molecule has 1 atom stereocenters. The molecule has 9 heteroatoms. The molecule has 3 rings (SSSR count). The number of hydrogen-bond donors (Lipinski definition) is 1. The van der Waals surface area contributed by atoms with Crippen LogP contribution in [0.4, 0.5) is 13.2 Å². The zero-order valence-electron chi connectivity index (χ0n) is 16.2. The number of carbonyl (C=O) groups excluding carboxylic acids is 1. The van der Waals surface area contributed by atoms with Crippen molar-refractivity contribution in [1.82, 2.24) is 25.0 Å². The summed E-state index contributed by atoms with van der Waals surface area (Å²) < 4.78 is 39.7. The summed E-state index contributed by atoms with van der Waals surface area (Å²) in [6.07, 6.45) is -1.41. The Morgan fingerprint density at radius 1 is 1.32 bits per heavy atom. The highest BCUT2D eigenvalue weighted by Gasteiger charge is 2.31. The third-order valence-corrected chi connectivity index (χ3v) is 5.24. The van der Waals surface area contributed by atoms with Crippen LogP contribution in [0.25, 0.3) is 5.82 Å². The summed E-state index contributed by atoms with van der Waals surface area (Å²) in [6.45, 7) is 5.02. The predicted octanol–water partition coefficient (Wildman–Crippen LogP) is 2.66. The number of hydrogen-bond acceptors (Lipinski definition) is 4. The summed E-state index contributed by atoms with van der Waals surface area (Å²) in [4.78, 5) is 18.5. The van der Waals surface area contributed by atoms with Crippen molar-refractivity contribution < 1.29 is 18.0 Å². The summed E-state index contributed by atoms with van der Waals surface area (Å²) in [7, 11) is 1.90. The zero-order chi connectivity index (χ0) is 20.5. The van der Waals surface area contributed by atoms with E-state index in [1.165, 1.54) is 10.7 Å². The van der Waals surface area contributed by atoms with E-state index < -0.39 is 11.7 Å². The molecule has 0 aliphatic carbocycles. The molecule has 0 saturated carbocycles. The van der Waals surface area contributed by atoms with E-state index in [4.69, 9.17) is 0 Å². The monoisotopic (exact) mass is 395 g/mol. The van der Waals surface area contributed by atoms with Crippen LogP contribution in [0.3, 0.4) is 0 Å². The average Bonchev–Trinajstić information content (AvgIpc) is 2.95. The van der Waals surface area contributed by atoms with Gasteiger partial charge in [0.25, 0.3) is 0 Å². The van der Waals surface area contributed by atoms with E-state index in [2.05, 4.69) is 15.4 Å². The molecule has 1 aliphatic rings. The molecular formula is C19H24F3N5O. The van der Waals surface area contributed by atoms with Crippen molar-refractivity contribution in [2.24, 2.45) is 0 Å². The van der Waals surface area contributed by atoms with Gasteiger partial charge >= 0.3 is 6.18 Å². The second kappa shape index (κ2) is 7.90. The van der Waals surface area contributed by atoms with E-state index in [1.807, 2.05) is 11.9 Å². The number of pyridine rings is 1. The smallest absolute Gasteiger partial charge is 0.341 e. The van der Waals surface area contributed by atoms with E-state index in [-0.39, 0.29) is 12.3 Å². The number of likely N-dealkylation sites (tertiary alicyclic amines) is 1. The van der Waals surface area contributed by atoms with Gasteiger partial charge in [-0.05, 0) is 45.9 Å². The summed E-state index contributed by atoms with van der Waals surface area (Å²) in [5, 5.41) is 7.61. The fourth-order valence-electron chi connectivity index (χ4n) is 3.54. The van der Waals surface area contributed by atoms with Crippen molar-refractivity contribution in [3.8, 4) is 5.82 Å². The van der Waals surface area contributed by atoms with Gasteiger partial charge in [-0.3, -0.25) is 4.79 Å². The molecule has 1 unspecified atom stereocenters. The first-order chi connectivity index (χ1) is 13.2. The number of nitrogens with zero attached hydrogens (tertiary/aromatic N) is 4. The van der Waals surface area contributed by atoms with Crippen LogP contribution < -0.4 is 5.32 Å². The highest BCUT2D eigenvalue weighted by molar-refractivity contribution is 5.79. The van der Waals surface area contributed by atoms with E-state index in [9.17, 15) is 18.0 Å². The van der Waals surface area contributed by atoms with E-state index in [0.717, 1.165) is 37.2 Å². The van der Waals surface area contributed by atoms with Crippen LogP contribution in [0.2, 0.25) is 0 Å². The molecule has 28 heavy (non-hydrogen) atoms. The lowest BCUT2D eigenvalue weighted by molar-refractivity contribution is -0.137. The molecule has 1 fully saturated rings. The molecule has 0 bridgehead atoms. The minimum Gasteiger partial charge on any atom is -0.341 e. The molecule has 1 amide bonds. The van der Waals surface area contributed by atoms with Gasteiger partial charge in [0.1, 0.15) is 0 Å². The SMILES string of the molecule is CNC1CCCN(C(=O)Cc2c(C)nn(-c3ccc(C(F)(F)F)cn3)c2C)C1. The van der Waals surface area contributed by atoms with E-state index >= 15 is 0 Å². The molecule has 1 N–H and O–H groups in total. The molecule has 152 valence electrons. The third kappa shape index (κ3) is 4.19. The second-order valence-electron chi connectivity index (χ2n) is 7.11. The van der Waals surface area contributed by atoms with Crippen molar-refractivity contribution >= 4 is 5.91 Å². The maximum atomic E-state index is 12.8. The van der Waals surface area contributed by atoms with Crippen LogP contribution in [-0.2, 0) is 17.4 Å². The fraction of sp³-hybridized carbons (Fsp3) is 0.526. The normalized spacial score (nSPS) is 17.8. The Bertz CT molecular complexity index is 844. The molecular weight excluding hydrogens is 371 g/mol. The van der Waals surface area contributed by atoms with Crippen LogP contribution in [-0.4, -0.2) is 51.8 Å². The molecule has 6 nitrogen and oxygen atoms in total. The summed E-state index contributed by atoms with van der Waals surface area (Å²) in [5.41, 5.74) is 1.37. The number of piperidine rings is 1. The minimum atomic E-state index is -4.43. The number of halogens is 3. The molecule has 0 spiro atoms. The highest BCUT2D eigenvalue weighted by atomic mass is 19.4. The van der Waals surface area contributed by atoms with Crippen molar-refractivity contribution in [1.29, 1.82) is 0 Å². The largest absolute Gasteiger partial charge is 0.417 e. The number of rotatable bonds is 4. The van der Waals surface area contributed by atoms with Gasteiger partial charge in [0.2, 0.25) is 5.91 Å². The molecule has 2 aromatic rings. The first-order valence-corrected chi connectivity index (χ1v) is 9.24. The fourth-order valence-corrected chi connectivity index (χ4v) is 3.54. The van der Waals surface area contributed by atoms with Crippen LogP contribution in [0.1, 0.15) is 35.4 Å². The number of carbonyl (C=O) groups is 1. The molecule has 2 aromatic heterocycles. The van der Waals surface area contributed by atoms with Crippen molar-refractivity contribution in [3.63, 3.8) is 0 Å². The topological polar surface area (TPSA) is 63.1 Å². The lowest BCUT2D eigenvalue weighted by atomic mass is 10.0. The molecule has 0 radical (unpaired) electrons. The maximum Gasteiger partial charge on any atom is 0.417 e. The number of likely N-dealkylation sites (N-methyl/N-ethyl adjacent to an activating group) is 1. The molecule has 3 heterocycles. The van der Waals surface area contributed by atoms with Gasteiger partial charge in [-0.25, -0.2) is 9.67 Å². The van der Waals surface area contributed by atoms with Crippen molar-refractivity contribution in [2.45, 2.75) is 45.3 Å². The first-order valence-electron chi connectivity index (χ1n) is 9.24. The quantitative estimate of drug-likeness (QED) is 0.865. The number of amides is 1. The van der Waals surface area contributed by atoms with Gasteiger partial charge in [-0.15, -0.1) is 0 Å². The maximum absolute atomic E-state index is 12.8. The summed E-state index contributed by atoms with van der Waals surface area (Å²) >= 11 is 0. The van der Waals surface area contributed by atoms with Gasteiger partial charge in [0, 0.05) is 36.6 Å². The third-order valence-electron chi connectivity index (χ3n) is 5.24.